The van der Waals surface area contributed by atoms with E-state index in [0.717, 1.165) is 23.1 Å². The summed E-state index contributed by atoms with van der Waals surface area (Å²) in [5.41, 5.74) is 7.08. The van der Waals surface area contributed by atoms with Gasteiger partial charge >= 0.3 is 6.18 Å². The molecule has 1 aliphatic heterocycles. The number of anilines is 1. The van der Waals surface area contributed by atoms with E-state index in [4.69, 9.17) is 17.1 Å². The summed E-state index contributed by atoms with van der Waals surface area (Å²) < 4.78 is 39.0. The van der Waals surface area contributed by atoms with Crippen LogP contribution in [0.1, 0.15) is 12.0 Å². The standard InChI is InChI=1S/C12H10ClF3N4O/c13-8-1-2-9(12(14,15)16)10(4-8)20-6-7(3-11(20)21)5-18-19-17/h1-2,4,7H,3,5-6H2. The molecule has 9 heteroatoms. The van der Waals surface area contributed by atoms with Gasteiger partial charge in [-0.1, -0.05) is 16.7 Å². The minimum absolute atomic E-state index is 0.0445. The Labute approximate surface area is 122 Å². The minimum Gasteiger partial charge on any atom is -0.311 e. The van der Waals surface area contributed by atoms with Gasteiger partial charge in [0.1, 0.15) is 0 Å². The first kappa shape index (κ1) is 15.5. The Balaban J connectivity index is 2.35. The largest absolute Gasteiger partial charge is 0.418 e. The van der Waals surface area contributed by atoms with Gasteiger partial charge in [0.2, 0.25) is 5.91 Å². The fourth-order valence-electron chi connectivity index (χ4n) is 2.26. The number of carbonyl (C=O) groups excluding carboxylic acids is 1. The van der Waals surface area contributed by atoms with Crippen molar-refractivity contribution in [2.75, 3.05) is 18.0 Å². The molecule has 0 N–H and O–H groups in total. The highest BCUT2D eigenvalue weighted by Crippen LogP contribution is 2.40. The zero-order chi connectivity index (χ0) is 15.6. The van der Waals surface area contributed by atoms with Crippen LogP contribution >= 0.6 is 11.6 Å². The van der Waals surface area contributed by atoms with Gasteiger partial charge in [-0.05, 0) is 29.6 Å². The zero-order valence-electron chi connectivity index (χ0n) is 10.6. The molecule has 1 saturated heterocycles. The van der Waals surface area contributed by atoms with E-state index >= 15 is 0 Å². The van der Waals surface area contributed by atoms with Gasteiger partial charge < -0.3 is 4.90 Å². The van der Waals surface area contributed by atoms with Crippen LogP contribution in [0.4, 0.5) is 18.9 Å². The minimum atomic E-state index is -4.58. The number of amides is 1. The molecule has 1 unspecified atom stereocenters. The molecule has 0 bridgehead atoms. The van der Waals surface area contributed by atoms with Gasteiger partial charge in [-0.3, -0.25) is 4.79 Å². The number of nitrogens with zero attached hydrogens (tertiary/aromatic N) is 4. The molecule has 1 fully saturated rings. The average Bonchev–Trinajstić information content (AvgIpc) is 2.76. The zero-order valence-corrected chi connectivity index (χ0v) is 11.4. The molecule has 1 aromatic rings. The molecule has 1 aliphatic rings. The van der Waals surface area contributed by atoms with Gasteiger partial charge in [-0.15, -0.1) is 0 Å². The van der Waals surface area contributed by atoms with Crippen molar-refractivity contribution in [3.8, 4) is 0 Å². The highest BCUT2D eigenvalue weighted by molar-refractivity contribution is 6.31. The Hall–Kier alpha value is -1.92. The predicted molar refractivity (Wildman–Crippen MR) is 70.9 cm³/mol. The third-order valence-corrected chi connectivity index (χ3v) is 3.40. The number of alkyl halides is 3. The van der Waals surface area contributed by atoms with E-state index in [1.54, 1.807) is 0 Å². The number of carbonyl (C=O) groups is 1. The second-order valence-corrected chi connectivity index (χ2v) is 5.08. The van der Waals surface area contributed by atoms with Crippen molar-refractivity contribution >= 4 is 23.2 Å². The maximum Gasteiger partial charge on any atom is 0.418 e. The lowest BCUT2D eigenvalue weighted by molar-refractivity contribution is -0.137. The molecule has 1 amide bonds. The van der Waals surface area contributed by atoms with E-state index in [2.05, 4.69) is 10.0 Å². The first-order chi connectivity index (χ1) is 9.82. The van der Waals surface area contributed by atoms with Crippen molar-refractivity contribution in [3.63, 3.8) is 0 Å². The number of halogens is 4. The maximum absolute atomic E-state index is 13.0. The second-order valence-electron chi connectivity index (χ2n) is 4.65. The van der Waals surface area contributed by atoms with E-state index in [1.165, 1.54) is 0 Å². The normalized spacial score (nSPS) is 18.8. The molecule has 0 radical (unpaired) electrons. The number of hydrogen-bond acceptors (Lipinski definition) is 2. The van der Waals surface area contributed by atoms with E-state index in [-0.39, 0.29) is 36.1 Å². The molecule has 0 spiro atoms. The fraction of sp³-hybridized carbons (Fsp3) is 0.417. The number of benzene rings is 1. The van der Waals surface area contributed by atoms with Crippen LogP contribution in [0, 0.1) is 5.92 Å². The summed E-state index contributed by atoms with van der Waals surface area (Å²) in [5, 5.41) is 3.47. The molecule has 21 heavy (non-hydrogen) atoms. The Morgan fingerprint density at radius 3 is 2.81 bits per heavy atom. The van der Waals surface area contributed by atoms with Crippen molar-refractivity contribution in [3.05, 3.63) is 39.2 Å². The molecule has 2 rings (SSSR count). The first-order valence-electron chi connectivity index (χ1n) is 6.01. The lowest BCUT2D eigenvalue weighted by Crippen LogP contribution is -2.27. The van der Waals surface area contributed by atoms with Crippen molar-refractivity contribution in [1.29, 1.82) is 0 Å². The van der Waals surface area contributed by atoms with Crippen molar-refractivity contribution in [2.45, 2.75) is 12.6 Å². The molecule has 1 aromatic carbocycles. The summed E-state index contributed by atoms with van der Waals surface area (Å²) in [6.45, 7) is 0.141. The third kappa shape index (κ3) is 3.40. The molecule has 0 aromatic heterocycles. The van der Waals surface area contributed by atoms with Gasteiger partial charge in [0, 0.05) is 29.4 Å². The predicted octanol–water partition coefficient (Wildman–Crippen LogP) is 4.02. The lowest BCUT2D eigenvalue weighted by atomic mass is 10.1. The molecular formula is C12H10ClF3N4O. The summed E-state index contributed by atoms with van der Waals surface area (Å²) in [7, 11) is 0. The number of azide groups is 1. The van der Waals surface area contributed by atoms with Gasteiger partial charge in [0.05, 0.1) is 11.3 Å². The van der Waals surface area contributed by atoms with Gasteiger partial charge in [0.25, 0.3) is 0 Å². The molecule has 5 nitrogen and oxygen atoms in total. The SMILES string of the molecule is [N-]=[N+]=NCC1CC(=O)N(c2cc(Cl)ccc2C(F)(F)F)C1. The van der Waals surface area contributed by atoms with Crippen molar-refractivity contribution < 1.29 is 18.0 Å². The second kappa shape index (κ2) is 5.83. The Kier molecular flexibility index (Phi) is 4.29. The summed E-state index contributed by atoms with van der Waals surface area (Å²) in [6, 6.07) is 3.11. The first-order valence-corrected chi connectivity index (χ1v) is 6.38. The van der Waals surface area contributed by atoms with Crippen LogP contribution in [-0.4, -0.2) is 19.0 Å². The van der Waals surface area contributed by atoms with Crippen LogP contribution < -0.4 is 4.90 Å². The summed E-state index contributed by atoms with van der Waals surface area (Å²) in [6.07, 6.45) is -4.54. The van der Waals surface area contributed by atoms with Crippen LogP contribution in [-0.2, 0) is 11.0 Å². The summed E-state index contributed by atoms with van der Waals surface area (Å²) >= 11 is 5.74. The Morgan fingerprint density at radius 1 is 1.48 bits per heavy atom. The van der Waals surface area contributed by atoms with Gasteiger partial charge in [-0.2, -0.15) is 13.2 Å². The smallest absolute Gasteiger partial charge is 0.311 e. The maximum atomic E-state index is 13.0. The van der Waals surface area contributed by atoms with Gasteiger partial charge in [-0.25, -0.2) is 0 Å². The summed E-state index contributed by atoms with van der Waals surface area (Å²) in [4.78, 5) is 15.6. The quantitative estimate of drug-likeness (QED) is 0.471. The van der Waals surface area contributed by atoms with Crippen LogP contribution in [0.25, 0.3) is 10.4 Å². The molecule has 1 heterocycles. The monoisotopic (exact) mass is 318 g/mol. The van der Waals surface area contributed by atoms with Crippen LogP contribution in [0.3, 0.4) is 0 Å². The fourth-order valence-corrected chi connectivity index (χ4v) is 2.42. The van der Waals surface area contributed by atoms with E-state index in [0.29, 0.717) is 0 Å². The van der Waals surface area contributed by atoms with E-state index in [9.17, 15) is 18.0 Å². The van der Waals surface area contributed by atoms with Crippen LogP contribution in [0.2, 0.25) is 5.02 Å². The van der Waals surface area contributed by atoms with Crippen LogP contribution in [0.15, 0.2) is 23.3 Å². The van der Waals surface area contributed by atoms with Crippen molar-refractivity contribution in [2.24, 2.45) is 11.0 Å². The third-order valence-electron chi connectivity index (χ3n) is 3.16. The van der Waals surface area contributed by atoms with Crippen molar-refractivity contribution in [1.82, 2.24) is 0 Å². The molecule has 0 aliphatic carbocycles. The highest BCUT2D eigenvalue weighted by atomic mass is 35.5. The average molecular weight is 319 g/mol. The van der Waals surface area contributed by atoms with E-state index in [1.807, 2.05) is 0 Å². The Morgan fingerprint density at radius 2 is 2.19 bits per heavy atom. The highest BCUT2D eigenvalue weighted by Gasteiger charge is 2.39. The number of hydrogen-bond donors (Lipinski definition) is 0. The molecule has 0 saturated carbocycles. The summed E-state index contributed by atoms with van der Waals surface area (Å²) in [5.74, 6) is -0.741. The van der Waals surface area contributed by atoms with Crippen LogP contribution in [0.5, 0.6) is 0 Å². The topological polar surface area (TPSA) is 69.1 Å². The number of rotatable bonds is 3. The molecule has 1 atom stereocenters. The Bertz CT molecular complexity index is 613. The van der Waals surface area contributed by atoms with Gasteiger partial charge in [0.15, 0.2) is 0 Å². The molecular weight excluding hydrogens is 309 g/mol. The lowest BCUT2D eigenvalue weighted by Gasteiger charge is -2.22. The van der Waals surface area contributed by atoms with E-state index < -0.39 is 17.6 Å². The molecule has 112 valence electrons.